The Morgan fingerprint density at radius 1 is 1.53 bits per heavy atom. The molecule has 1 saturated heterocycles. The average molecular weight is 239 g/mol. The highest BCUT2D eigenvalue weighted by molar-refractivity contribution is 5.50. The maximum Gasteiger partial charge on any atom is 0.311 e. The summed E-state index contributed by atoms with van der Waals surface area (Å²) in [5, 5.41) is 10.7. The molecule has 1 aliphatic rings. The molecule has 92 valence electrons. The van der Waals surface area contributed by atoms with E-state index in [2.05, 4.69) is 0 Å². The third-order valence-electron chi connectivity index (χ3n) is 2.54. The highest BCUT2D eigenvalue weighted by Gasteiger charge is 2.20. The fourth-order valence-electron chi connectivity index (χ4n) is 1.68. The van der Waals surface area contributed by atoms with Gasteiger partial charge in [0, 0.05) is 18.6 Å². The van der Waals surface area contributed by atoms with Crippen molar-refractivity contribution in [1.82, 2.24) is 0 Å². The van der Waals surface area contributed by atoms with Crippen LogP contribution in [0.3, 0.4) is 0 Å². The molecule has 0 bridgehead atoms. The van der Waals surface area contributed by atoms with Gasteiger partial charge in [0.05, 0.1) is 25.2 Å². The molecule has 0 saturated carbocycles. The summed E-state index contributed by atoms with van der Waals surface area (Å²) in [6, 6.07) is 4.47. The molecule has 0 amide bonds. The first-order valence-electron chi connectivity index (χ1n) is 5.27. The molecule has 1 aliphatic heterocycles. The van der Waals surface area contributed by atoms with Gasteiger partial charge in [0.1, 0.15) is 11.9 Å². The van der Waals surface area contributed by atoms with Gasteiger partial charge >= 0.3 is 5.69 Å². The second-order valence-electron chi connectivity index (χ2n) is 3.69. The third kappa shape index (κ3) is 2.65. The summed E-state index contributed by atoms with van der Waals surface area (Å²) in [6.07, 6.45) is 0.848. The minimum Gasteiger partial charge on any atom is -0.490 e. The van der Waals surface area contributed by atoms with Crippen LogP contribution in [0.25, 0.3) is 0 Å². The van der Waals surface area contributed by atoms with Gasteiger partial charge in [-0.1, -0.05) is 0 Å². The number of benzene rings is 1. The molecule has 0 radical (unpaired) electrons. The maximum atomic E-state index is 10.7. The Bertz CT molecular complexity index is 414. The number of rotatable bonds is 4. The summed E-state index contributed by atoms with van der Waals surface area (Å²) in [4.78, 5) is 10.2. The molecule has 1 heterocycles. The summed E-state index contributed by atoms with van der Waals surface area (Å²) in [7, 11) is 1.39. The second kappa shape index (κ2) is 5.01. The van der Waals surface area contributed by atoms with Gasteiger partial charge in [-0.15, -0.1) is 0 Å². The Morgan fingerprint density at radius 3 is 2.94 bits per heavy atom. The van der Waals surface area contributed by atoms with Crippen LogP contribution in [0.1, 0.15) is 6.42 Å². The molecule has 6 nitrogen and oxygen atoms in total. The lowest BCUT2D eigenvalue weighted by Gasteiger charge is -2.12. The van der Waals surface area contributed by atoms with Gasteiger partial charge in [-0.3, -0.25) is 10.1 Å². The van der Waals surface area contributed by atoms with E-state index in [1.807, 2.05) is 0 Å². The highest BCUT2D eigenvalue weighted by atomic mass is 16.6. The Balaban J connectivity index is 2.15. The summed E-state index contributed by atoms with van der Waals surface area (Å²) in [6.45, 7) is 1.24. The number of nitro benzene ring substituents is 1. The molecule has 0 aliphatic carbocycles. The zero-order valence-electron chi connectivity index (χ0n) is 9.42. The molecule has 0 N–H and O–H groups in total. The van der Waals surface area contributed by atoms with Crippen LogP contribution in [0.5, 0.6) is 11.5 Å². The third-order valence-corrected chi connectivity index (χ3v) is 2.54. The van der Waals surface area contributed by atoms with Crippen molar-refractivity contribution in [3.63, 3.8) is 0 Å². The quantitative estimate of drug-likeness (QED) is 0.591. The van der Waals surface area contributed by atoms with E-state index in [-0.39, 0.29) is 17.5 Å². The molecule has 1 aromatic rings. The van der Waals surface area contributed by atoms with E-state index in [4.69, 9.17) is 14.2 Å². The SMILES string of the molecule is COc1cc(OC2CCOC2)ccc1[N+](=O)[O-]. The zero-order chi connectivity index (χ0) is 12.3. The largest absolute Gasteiger partial charge is 0.490 e. The molecule has 0 aromatic heterocycles. The van der Waals surface area contributed by atoms with Gasteiger partial charge < -0.3 is 14.2 Å². The van der Waals surface area contributed by atoms with E-state index in [0.29, 0.717) is 19.0 Å². The van der Waals surface area contributed by atoms with Crippen LogP contribution < -0.4 is 9.47 Å². The molecular weight excluding hydrogens is 226 g/mol. The number of hydrogen-bond donors (Lipinski definition) is 0. The van der Waals surface area contributed by atoms with Crippen molar-refractivity contribution < 1.29 is 19.1 Å². The predicted molar refractivity (Wildman–Crippen MR) is 59.5 cm³/mol. The molecular formula is C11H13NO5. The first-order valence-corrected chi connectivity index (χ1v) is 5.27. The zero-order valence-corrected chi connectivity index (χ0v) is 9.42. The van der Waals surface area contributed by atoms with Crippen molar-refractivity contribution in [3.05, 3.63) is 28.3 Å². The Hall–Kier alpha value is -1.82. The van der Waals surface area contributed by atoms with Gasteiger partial charge in [-0.05, 0) is 6.07 Å². The first-order chi connectivity index (χ1) is 8.20. The smallest absolute Gasteiger partial charge is 0.311 e. The fourth-order valence-corrected chi connectivity index (χ4v) is 1.68. The van der Waals surface area contributed by atoms with Crippen LogP contribution in [0, 0.1) is 10.1 Å². The minimum absolute atomic E-state index is 0.0150. The summed E-state index contributed by atoms with van der Waals surface area (Å²) >= 11 is 0. The number of nitro groups is 1. The Kier molecular flexibility index (Phi) is 3.43. The van der Waals surface area contributed by atoms with Crippen molar-refractivity contribution in [3.8, 4) is 11.5 Å². The normalized spacial score (nSPS) is 19.0. The lowest BCUT2D eigenvalue weighted by atomic mass is 10.2. The molecule has 1 atom stereocenters. The fraction of sp³-hybridized carbons (Fsp3) is 0.455. The summed E-state index contributed by atoms with van der Waals surface area (Å²) in [5.41, 5.74) is -0.0671. The standard InChI is InChI=1S/C11H13NO5/c1-15-11-6-8(2-3-10(11)12(13)14)17-9-4-5-16-7-9/h2-3,6,9H,4-5,7H2,1H3. The van der Waals surface area contributed by atoms with Crippen molar-refractivity contribution in [2.75, 3.05) is 20.3 Å². The van der Waals surface area contributed by atoms with Gasteiger partial charge in [0.25, 0.3) is 0 Å². The monoisotopic (exact) mass is 239 g/mol. The molecule has 1 unspecified atom stereocenters. The van der Waals surface area contributed by atoms with Crippen LogP contribution in [-0.4, -0.2) is 31.4 Å². The highest BCUT2D eigenvalue weighted by Crippen LogP contribution is 2.31. The van der Waals surface area contributed by atoms with Crippen LogP contribution >= 0.6 is 0 Å². The van der Waals surface area contributed by atoms with Crippen LogP contribution in [0.2, 0.25) is 0 Å². The molecule has 0 spiro atoms. The molecule has 2 rings (SSSR count). The Labute approximate surface area is 98.2 Å². The van der Waals surface area contributed by atoms with Crippen LogP contribution in [-0.2, 0) is 4.74 Å². The molecule has 17 heavy (non-hydrogen) atoms. The summed E-state index contributed by atoms with van der Waals surface area (Å²) < 4.78 is 15.8. The van der Waals surface area contributed by atoms with Crippen LogP contribution in [0.4, 0.5) is 5.69 Å². The topological polar surface area (TPSA) is 70.8 Å². The van der Waals surface area contributed by atoms with E-state index in [0.717, 1.165) is 6.42 Å². The van der Waals surface area contributed by atoms with Crippen molar-refractivity contribution in [1.29, 1.82) is 0 Å². The number of nitrogens with zero attached hydrogens (tertiary/aromatic N) is 1. The average Bonchev–Trinajstić information content (AvgIpc) is 2.81. The van der Waals surface area contributed by atoms with E-state index < -0.39 is 4.92 Å². The maximum absolute atomic E-state index is 10.7. The van der Waals surface area contributed by atoms with Gasteiger partial charge in [-0.25, -0.2) is 0 Å². The molecule has 1 fully saturated rings. The predicted octanol–water partition coefficient (Wildman–Crippen LogP) is 1.77. The molecule has 1 aromatic carbocycles. The molecule has 6 heteroatoms. The lowest BCUT2D eigenvalue weighted by molar-refractivity contribution is -0.385. The summed E-state index contributed by atoms with van der Waals surface area (Å²) in [5.74, 6) is 0.759. The second-order valence-corrected chi connectivity index (χ2v) is 3.69. The van der Waals surface area contributed by atoms with E-state index in [1.54, 1.807) is 6.07 Å². The van der Waals surface area contributed by atoms with E-state index in [1.165, 1.54) is 19.2 Å². The van der Waals surface area contributed by atoms with Crippen molar-refractivity contribution in [2.24, 2.45) is 0 Å². The number of hydrogen-bond acceptors (Lipinski definition) is 5. The lowest BCUT2D eigenvalue weighted by Crippen LogP contribution is -2.15. The number of ether oxygens (including phenoxy) is 3. The Morgan fingerprint density at radius 2 is 2.35 bits per heavy atom. The minimum atomic E-state index is -0.485. The first kappa shape index (κ1) is 11.7. The number of methoxy groups -OCH3 is 1. The van der Waals surface area contributed by atoms with Gasteiger partial charge in [0.15, 0.2) is 0 Å². The van der Waals surface area contributed by atoms with Gasteiger partial charge in [-0.2, -0.15) is 0 Å². The van der Waals surface area contributed by atoms with Crippen LogP contribution in [0.15, 0.2) is 18.2 Å². The van der Waals surface area contributed by atoms with Crippen molar-refractivity contribution in [2.45, 2.75) is 12.5 Å². The van der Waals surface area contributed by atoms with E-state index >= 15 is 0 Å². The van der Waals surface area contributed by atoms with Gasteiger partial charge in [0.2, 0.25) is 5.75 Å². The van der Waals surface area contributed by atoms with Crippen molar-refractivity contribution >= 4 is 5.69 Å². The van der Waals surface area contributed by atoms with E-state index in [9.17, 15) is 10.1 Å².